The van der Waals surface area contributed by atoms with Gasteiger partial charge in [0.05, 0.1) is 38.7 Å². The van der Waals surface area contributed by atoms with Crippen molar-refractivity contribution in [2.75, 3.05) is 27.4 Å². The quantitative estimate of drug-likeness (QED) is 0.492. The topological polar surface area (TPSA) is 57.0 Å². The van der Waals surface area contributed by atoms with Crippen LogP contribution in [0.4, 0.5) is 4.39 Å². The number of methoxy groups -OCH3 is 2. The summed E-state index contributed by atoms with van der Waals surface area (Å²) in [5, 5.41) is 4.02. The third-order valence-corrected chi connectivity index (χ3v) is 5.96. The highest BCUT2D eigenvalue weighted by atomic mass is 19.1. The smallest absolute Gasteiger partial charge is 0.137 e. The van der Waals surface area contributed by atoms with E-state index in [4.69, 9.17) is 18.7 Å². The van der Waals surface area contributed by atoms with Crippen LogP contribution in [0.25, 0.3) is 0 Å². The Bertz CT molecular complexity index is 999. The Labute approximate surface area is 187 Å². The fourth-order valence-corrected chi connectivity index (χ4v) is 4.36. The van der Waals surface area contributed by atoms with E-state index in [1.165, 1.54) is 12.1 Å². The van der Waals surface area contributed by atoms with Crippen molar-refractivity contribution in [2.24, 2.45) is 5.92 Å². The second-order valence-corrected chi connectivity index (χ2v) is 8.18. The molecule has 7 heteroatoms. The zero-order valence-corrected chi connectivity index (χ0v) is 18.7. The number of ether oxygens (including phenoxy) is 3. The fraction of sp³-hybridized carbons (Fsp3) is 0.400. The Morgan fingerprint density at radius 2 is 1.75 bits per heavy atom. The highest BCUT2D eigenvalue weighted by molar-refractivity contribution is 5.44. The molecule has 1 aliphatic heterocycles. The minimum absolute atomic E-state index is 0.139. The molecule has 0 aliphatic carbocycles. The van der Waals surface area contributed by atoms with E-state index in [1.807, 2.05) is 43.3 Å². The summed E-state index contributed by atoms with van der Waals surface area (Å²) >= 11 is 0. The lowest BCUT2D eigenvalue weighted by molar-refractivity contribution is 0.125. The van der Waals surface area contributed by atoms with Gasteiger partial charge in [-0.05, 0) is 36.8 Å². The third-order valence-electron chi connectivity index (χ3n) is 5.96. The lowest BCUT2D eigenvalue weighted by atomic mass is 9.95. The van der Waals surface area contributed by atoms with E-state index in [-0.39, 0.29) is 17.8 Å². The van der Waals surface area contributed by atoms with Gasteiger partial charge in [-0.2, -0.15) is 0 Å². The maximum atomic E-state index is 13.5. The molecule has 0 N–H and O–H groups in total. The average molecular weight is 441 g/mol. The van der Waals surface area contributed by atoms with Crippen molar-refractivity contribution in [3.05, 3.63) is 76.9 Å². The number of halogens is 1. The highest BCUT2D eigenvalue weighted by Crippen LogP contribution is 2.33. The first kappa shape index (κ1) is 22.3. The predicted octanol–water partition coefficient (Wildman–Crippen LogP) is 4.40. The zero-order chi connectivity index (χ0) is 22.5. The van der Waals surface area contributed by atoms with Crippen molar-refractivity contribution >= 4 is 0 Å². The first-order valence-corrected chi connectivity index (χ1v) is 10.8. The monoisotopic (exact) mass is 440 g/mol. The normalized spacial score (nSPS) is 18.3. The molecule has 0 saturated carbocycles. The molecule has 0 bridgehead atoms. The van der Waals surface area contributed by atoms with Crippen molar-refractivity contribution in [3.8, 4) is 11.5 Å². The second kappa shape index (κ2) is 10.1. The van der Waals surface area contributed by atoms with Gasteiger partial charge in [0.1, 0.15) is 23.1 Å². The number of benzene rings is 2. The fourth-order valence-electron chi connectivity index (χ4n) is 4.36. The Balaban J connectivity index is 1.63. The molecule has 1 fully saturated rings. The number of hydrogen-bond donors (Lipinski definition) is 0. The maximum absolute atomic E-state index is 13.5. The van der Waals surface area contributed by atoms with Crippen molar-refractivity contribution in [1.29, 1.82) is 0 Å². The first-order chi connectivity index (χ1) is 15.6. The van der Waals surface area contributed by atoms with E-state index in [0.29, 0.717) is 26.3 Å². The van der Waals surface area contributed by atoms with Crippen LogP contribution >= 0.6 is 0 Å². The summed E-state index contributed by atoms with van der Waals surface area (Å²) in [6.45, 7) is 4.42. The van der Waals surface area contributed by atoms with Gasteiger partial charge in [-0.25, -0.2) is 4.39 Å². The molecule has 0 spiro atoms. The molecule has 4 rings (SSSR count). The Morgan fingerprint density at radius 3 is 2.38 bits per heavy atom. The minimum Gasteiger partial charge on any atom is -0.496 e. The minimum atomic E-state index is -0.241. The Hall–Kier alpha value is -2.90. The van der Waals surface area contributed by atoms with Gasteiger partial charge < -0.3 is 18.7 Å². The Kier molecular flexibility index (Phi) is 7.07. The maximum Gasteiger partial charge on any atom is 0.137 e. The standard InChI is InChI=1S/C25H29FN2O4/c1-17-11-21(32-27-17)12-19-15-31-16-23(19)28(13-18-7-9-20(26)10-8-18)14-22-24(29-2)5-4-6-25(22)30-3/h4-11,19,23H,12-16H2,1-3H3/t19-,23-/m1/s1. The van der Waals surface area contributed by atoms with Crippen molar-refractivity contribution in [2.45, 2.75) is 32.5 Å². The summed E-state index contributed by atoms with van der Waals surface area (Å²) in [5.41, 5.74) is 2.87. The van der Waals surface area contributed by atoms with Gasteiger partial charge in [0, 0.05) is 37.5 Å². The Morgan fingerprint density at radius 1 is 1.03 bits per heavy atom. The van der Waals surface area contributed by atoms with Crippen LogP contribution in [0.1, 0.15) is 22.6 Å². The average Bonchev–Trinajstić information content (AvgIpc) is 3.43. The van der Waals surface area contributed by atoms with Gasteiger partial charge in [-0.3, -0.25) is 4.90 Å². The molecule has 170 valence electrons. The van der Waals surface area contributed by atoms with Crippen LogP contribution in [-0.4, -0.2) is 43.5 Å². The molecule has 2 aromatic carbocycles. The summed E-state index contributed by atoms with van der Waals surface area (Å²) in [6.07, 6.45) is 0.745. The number of hydrogen-bond acceptors (Lipinski definition) is 6. The number of aryl methyl sites for hydroxylation is 1. The van der Waals surface area contributed by atoms with Crippen molar-refractivity contribution < 1.29 is 23.1 Å². The SMILES string of the molecule is COc1cccc(OC)c1CN(Cc1ccc(F)cc1)[C@@H]1COC[C@H]1Cc1cc(C)no1. The van der Waals surface area contributed by atoms with Crippen molar-refractivity contribution in [3.63, 3.8) is 0 Å². The van der Waals surface area contributed by atoms with Gasteiger partial charge in [0.15, 0.2) is 0 Å². The summed E-state index contributed by atoms with van der Waals surface area (Å²) in [4.78, 5) is 2.36. The molecular formula is C25H29FN2O4. The van der Waals surface area contributed by atoms with E-state index in [1.54, 1.807) is 14.2 Å². The number of nitrogens with zero attached hydrogens (tertiary/aromatic N) is 2. The third kappa shape index (κ3) is 5.11. The molecule has 2 heterocycles. The van der Waals surface area contributed by atoms with E-state index < -0.39 is 0 Å². The molecule has 1 aromatic heterocycles. The van der Waals surface area contributed by atoms with Crippen LogP contribution in [0.3, 0.4) is 0 Å². The van der Waals surface area contributed by atoms with Crippen LogP contribution in [0.2, 0.25) is 0 Å². The highest BCUT2D eigenvalue weighted by Gasteiger charge is 2.35. The van der Waals surface area contributed by atoms with Crippen LogP contribution in [0.5, 0.6) is 11.5 Å². The molecule has 0 amide bonds. The molecule has 2 atom stereocenters. The van der Waals surface area contributed by atoms with E-state index >= 15 is 0 Å². The predicted molar refractivity (Wildman–Crippen MR) is 118 cm³/mol. The zero-order valence-electron chi connectivity index (χ0n) is 18.7. The van der Waals surface area contributed by atoms with Crippen molar-refractivity contribution in [1.82, 2.24) is 10.1 Å². The molecular weight excluding hydrogens is 411 g/mol. The van der Waals surface area contributed by atoms with Crippen LogP contribution in [-0.2, 0) is 24.2 Å². The lowest BCUT2D eigenvalue weighted by Crippen LogP contribution is -2.40. The van der Waals surface area contributed by atoms with Gasteiger partial charge >= 0.3 is 0 Å². The second-order valence-electron chi connectivity index (χ2n) is 8.18. The molecule has 0 radical (unpaired) electrons. The summed E-state index contributed by atoms with van der Waals surface area (Å²) in [5.74, 6) is 2.40. The first-order valence-electron chi connectivity index (χ1n) is 10.8. The summed E-state index contributed by atoms with van der Waals surface area (Å²) in [7, 11) is 3.33. The van der Waals surface area contributed by atoms with Gasteiger partial charge in [-0.15, -0.1) is 0 Å². The van der Waals surface area contributed by atoms with E-state index in [9.17, 15) is 4.39 Å². The van der Waals surface area contributed by atoms with Gasteiger partial charge in [0.2, 0.25) is 0 Å². The van der Waals surface area contributed by atoms with Gasteiger partial charge in [-0.1, -0.05) is 23.4 Å². The lowest BCUT2D eigenvalue weighted by Gasteiger charge is -2.32. The largest absolute Gasteiger partial charge is 0.496 e. The molecule has 0 unspecified atom stereocenters. The van der Waals surface area contributed by atoms with Crippen LogP contribution in [0, 0.1) is 18.7 Å². The number of aromatic nitrogens is 1. The molecule has 1 saturated heterocycles. The summed E-state index contributed by atoms with van der Waals surface area (Å²) in [6, 6.07) is 14.6. The van der Waals surface area contributed by atoms with Crippen LogP contribution < -0.4 is 9.47 Å². The van der Waals surface area contributed by atoms with E-state index in [2.05, 4.69) is 10.1 Å². The molecule has 6 nitrogen and oxygen atoms in total. The van der Waals surface area contributed by atoms with Crippen LogP contribution in [0.15, 0.2) is 53.1 Å². The number of rotatable bonds is 9. The molecule has 3 aromatic rings. The van der Waals surface area contributed by atoms with Gasteiger partial charge in [0.25, 0.3) is 0 Å². The molecule has 32 heavy (non-hydrogen) atoms. The van der Waals surface area contributed by atoms with E-state index in [0.717, 1.165) is 40.5 Å². The molecule has 1 aliphatic rings. The summed E-state index contributed by atoms with van der Waals surface area (Å²) < 4.78 is 36.1.